The fourth-order valence-corrected chi connectivity index (χ4v) is 3.93. The lowest BCUT2D eigenvalue weighted by atomic mass is 10.0. The first kappa shape index (κ1) is 20.7. The number of methoxy groups -OCH3 is 1. The van der Waals surface area contributed by atoms with Crippen molar-refractivity contribution >= 4 is 51.8 Å². The number of anilines is 2. The van der Waals surface area contributed by atoms with Crippen molar-refractivity contribution in [3.63, 3.8) is 0 Å². The van der Waals surface area contributed by atoms with Gasteiger partial charge in [-0.15, -0.1) is 0 Å². The van der Waals surface area contributed by atoms with Crippen LogP contribution >= 0.6 is 23.2 Å². The molecule has 1 N–H and O–H groups in total. The van der Waals surface area contributed by atoms with E-state index in [1.54, 1.807) is 18.2 Å². The fourth-order valence-electron chi connectivity index (χ4n) is 3.42. The van der Waals surface area contributed by atoms with E-state index in [2.05, 4.69) is 16.4 Å². The summed E-state index contributed by atoms with van der Waals surface area (Å²) in [5.74, 6) is 0.461. The van der Waals surface area contributed by atoms with Gasteiger partial charge in [0.05, 0.1) is 45.3 Å². The third-order valence-electron chi connectivity index (χ3n) is 5.07. The molecule has 154 valence electrons. The molecule has 0 fully saturated rings. The van der Waals surface area contributed by atoms with Crippen molar-refractivity contribution < 1.29 is 9.53 Å². The average Bonchev–Trinajstić information content (AvgIpc) is 3.15. The molecule has 0 amide bonds. The van der Waals surface area contributed by atoms with E-state index in [0.29, 0.717) is 43.9 Å². The fraction of sp³-hybridized carbons (Fsp3) is 0.0870. The largest absolute Gasteiger partial charge is 0.495 e. The Morgan fingerprint density at radius 3 is 2.65 bits per heavy atom. The summed E-state index contributed by atoms with van der Waals surface area (Å²) in [6, 6.07) is 14.8. The zero-order valence-corrected chi connectivity index (χ0v) is 18.1. The Hall–Kier alpha value is -3.53. The summed E-state index contributed by atoms with van der Waals surface area (Å²) in [7, 11) is 3.35. The molecule has 2 heterocycles. The molecule has 2 aromatic heterocycles. The number of aromatic nitrogens is 2. The normalized spacial score (nSPS) is 10.7. The Morgan fingerprint density at radius 2 is 1.97 bits per heavy atom. The molecule has 0 aliphatic heterocycles. The topological polar surface area (TPSA) is 79.9 Å². The number of nitrogens with zero attached hydrogens (tertiary/aromatic N) is 3. The van der Waals surface area contributed by atoms with Gasteiger partial charge in [0, 0.05) is 36.0 Å². The number of nitrogens with one attached hydrogen (secondary N) is 1. The lowest BCUT2D eigenvalue weighted by molar-refractivity contribution is 0.111. The number of carbonyl (C=O) groups is 1. The molecular weight excluding hydrogens is 435 g/mol. The molecule has 0 saturated carbocycles. The van der Waals surface area contributed by atoms with Crippen molar-refractivity contribution in [3.05, 3.63) is 70.0 Å². The third kappa shape index (κ3) is 3.70. The van der Waals surface area contributed by atoms with Crippen molar-refractivity contribution in [2.75, 3.05) is 12.4 Å². The molecule has 0 atom stereocenters. The van der Waals surface area contributed by atoms with Crippen molar-refractivity contribution in [1.29, 1.82) is 5.26 Å². The maximum atomic E-state index is 11.2. The van der Waals surface area contributed by atoms with Gasteiger partial charge in [-0.25, -0.2) is 0 Å². The summed E-state index contributed by atoms with van der Waals surface area (Å²) in [6.07, 6.45) is 2.32. The molecule has 0 bridgehead atoms. The zero-order valence-electron chi connectivity index (χ0n) is 16.6. The van der Waals surface area contributed by atoms with E-state index in [-0.39, 0.29) is 0 Å². The minimum absolute atomic E-state index is 0.368. The van der Waals surface area contributed by atoms with E-state index in [1.165, 1.54) is 13.3 Å². The van der Waals surface area contributed by atoms with Gasteiger partial charge in [0.2, 0.25) is 0 Å². The van der Waals surface area contributed by atoms with Crippen LogP contribution in [0.2, 0.25) is 10.0 Å². The Morgan fingerprint density at radius 1 is 1.16 bits per heavy atom. The predicted octanol–water partition coefficient (Wildman–Crippen LogP) is 5.98. The Balaban J connectivity index is 1.84. The highest BCUT2D eigenvalue weighted by atomic mass is 35.5. The van der Waals surface area contributed by atoms with Gasteiger partial charge < -0.3 is 14.6 Å². The zero-order chi connectivity index (χ0) is 22.1. The van der Waals surface area contributed by atoms with Gasteiger partial charge in [-0.05, 0) is 30.3 Å². The molecule has 0 saturated heterocycles. The predicted molar refractivity (Wildman–Crippen MR) is 123 cm³/mol. The lowest BCUT2D eigenvalue weighted by Crippen LogP contribution is -1.99. The molecule has 4 aromatic rings. The Kier molecular flexibility index (Phi) is 5.55. The van der Waals surface area contributed by atoms with E-state index < -0.39 is 0 Å². The van der Waals surface area contributed by atoms with Crippen molar-refractivity contribution in [2.45, 2.75) is 0 Å². The highest BCUT2D eigenvalue weighted by Gasteiger charge is 2.15. The number of hydrogen-bond donors (Lipinski definition) is 1. The summed E-state index contributed by atoms with van der Waals surface area (Å²) in [4.78, 5) is 15.6. The molecule has 0 radical (unpaired) electrons. The molecule has 0 aliphatic rings. The average molecular weight is 451 g/mol. The highest BCUT2D eigenvalue weighted by Crippen LogP contribution is 2.38. The van der Waals surface area contributed by atoms with Gasteiger partial charge in [0.15, 0.2) is 6.29 Å². The molecule has 2 aromatic carbocycles. The summed E-state index contributed by atoms with van der Waals surface area (Å²) in [5, 5.41) is 14.4. The second-order valence-corrected chi connectivity index (χ2v) is 7.62. The van der Waals surface area contributed by atoms with Crippen molar-refractivity contribution in [3.8, 4) is 23.1 Å². The highest BCUT2D eigenvalue weighted by molar-refractivity contribution is 6.37. The number of pyridine rings is 1. The number of hydrogen-bond acceptors (Lipinski definition) is 5. The summed E-state index contributed by atoms with van der Waals surface area (Å²) in [5.41, 5.74) is 4.54. The molecule has 0 unspecified atom stereocenters. The van der Waals surface area contributed by atoms with Crippen LogP contribution in [0.5, 0.6) is 5.75 Å². The lowest BCUT2D eigenvalue weighted by Gasteiger charge is -2.15. The van der Waals surface area contributed by atoms with Crippen molar-refractivity contribution in [1.82, 2.24) is 9.55 Å². The van der Waals surface area contributed by atoms with Gasteiger partial charge in [0.1, 0.15) is 11.8 Å². The number of benzene rings is 2. The minimum atomic E-state index is 0.368. The van der Waals surface area contributed by atoms with E-state index in [9.17, 15) is 10.1 Å². The van der Waals surface area contributed by atoms with Gasteiger partial charge in [-0.2, -0.15) is 5.26 Å². The second kappa shape index (κ2) is 8.31. The molecule has 0 spiro atoms. The molecule has 6 nitrogen and oxygen atoms in total. The van der Waals surface area contributed by atoms with Crippen LogP contribution in [-0.4, -0.2) is 22.9 Å². The maximum Gasteiger partial charge on any atom is 0.166 e. The van der Waals surface area contributed by atoms with Gasteiger partial charge >= 0.3 is 0 Å². The summed E-state index contributed by atoms with van der Waals surface area (Å²) >= 11 is 12.5. The Labute approximate surface area is 188 Å². The van der Waals surface area contributed by atoms with Gasteiger partial charge in [-0.1, -0.05) is 29.3 Å². The molecule has 4 rings (SSSR count). The number of rotatable bonds is 5. The van der Waals surface area contributed by atoms with Crippen LogP contribution in [0.1, 0.15) is 16.1 Å². The van der Waals surface area contributed by atoms with E-state index in [1.807, 2.05) is 35.9 Å². The van der Waals surface area contributed by atoms with Crippen LogP contribution in [0.4, 0.5) is 11.4 Å². The number of halogens is 2. The van der Waals surface area contributed by atoms with Crippen LogP contribution < -0.4 is 10.1 Å². The van der Waals surface area contributed by atoms with Gasteiger partial charge in [-0.3, -0.25) is 9.78 Å². The van der Waals surface area contributed by atoms with Crippen LogP contribution in [0, 0.1) is 11.3 Å². The van der Waals surface area contributed by atoms with Crippen LogP contribution in [0.15, 0.2) is 48.7 Å². The third-order valence-corrected chi connectivity index (χ3v) is 5.68. The first-order chi connectivity index (χ1) is 15.0. The molecule has 8 heteroatoms. The minimum Gasteiger partial charge on any atom is -0.495 e. The van der Waals surface area contributed by atoms with E-state index >= 15 is 0 Å². The number of carbonyl (C=O) groups excluding carboxylic acids is 1. The number of aldehydes is 1. The first-order valence-electron chi connectivity index (χ1n) is 9.21. The molecular formula is C23H16Cl2N4O2. The van der Waals surface area contributed by atoms with E-state index in [4.69, 9.17) is 27.9 Å². The number of ether oxygens (including phenoxy) is 1. The van der Waals surface area contributed by atoms with Gasteiger partial charge in [0.25, 0.3) is 0 Å². The van der Waals surface area contributed by atoms with Crippen molar-refractivity contribution in [2.24, 2.45) is 7.05 Å². The SMILES string of the molecule is COc1cc(Nc2c(C#N)cnc3cc(-c4ccc(C=O)n4C)ccc23)c(Cl)cc1Cl. The molecule has 0 aliphatic carbocycles. The summed E-state index contributed by atoms with van der Waals surface area (Å²) < 4.78 is 7.09. The standard InChI is InChI=1S/C23H16Cl2N4O2/c1-29-15(12-30)4-6-21(29)13-3-5-16-19(7-13)27-11-14(10-26)23(16)28-20-9-22(31-2)18(25)8-17(20)24/h3-9,11-12H,1-2H3,(H,27,28). The van der Waals surface area contributed by atoms with E-state index in [0.717, 1.165) is 22.9 Å². The first-order valence-corrected chi connectivity index (χ1v) is 9.96. The van der Waals surface area contributed by atoms with Crippen LogP contribution in [0.25, 0.3) is 22.2 Å². The molecule has 31 heavy (non-hydrogen) atoms. The second-order valence-electron chi connectivity index (χ2n) is 6.80. The maximum absolute atomic E-state index is 11.2. The number of fused-ring (bicyclic) bond motifs is 1. The Bertz CT molecular complexity index is 1370. The number of nitriles is 1. The van der Waals surface area contributed by atoms with Crippen LogP contribution in [0.3, 0.4) is 0 Å². The smallest absolute Gasteiger partial charge is 0.166 e. The van der Waals surface area contributed by atoms with Crippen LogP contribution in [-0.2, 0) is 7.05 Å². The quantitative estimate of drug-likeness (QED) is 0.378. The summed E-state index contributed by atoms with van der Waals surface area (Å²) in [6.45, 7) is 0. The monoisotopic (exact) mass is 450 g/mol.